The molecule has 0 aliphatic rings. The molecular formula is C11H9BrN4O2S. The Morgan fingerprint density at radius 3 is 3.00 bits per heavy atom. The fourth-order valence-corrected chi connectivity index (χ4v) is 2.91. The van der Waals surface area contributed by atoms with Gasteiger partial charge in [-0.2, -0.15) is 9.61 Å². The van der Waals surface area contributed by atoms with Gasteiger partial charge in [0.2, 0.25) is 4.96 Å². The molecule has 0 saturated heterocycles. The molecule has 0 saturated carbocycles. The largest absolute Gasteiger partial charge is 0.507 e. The van der Waals surface area contributed by atoms with Crippen molar-refractivity contribution in [1.82, 2.24) is 19.8 Å². The maximum absolute atomic E-state index is 9.95. The second kappa shape index (κ2) is 4.87. The van der Waals surface area contributed by atoms with E-state index in [2.05, 4.69) is 31.2 Å². The van der Waals surface area contributed by atoms with Gasteiger partial charge in [0.1, 0.15) is 12.4 Å². The van der Waals surface area contributed by atoms with Crippen LogP contribution in [0.1, 0.15) is 5.82 Å². The molecule has 2 heterocycles. The third-order valence-electron chi connectivity index (χ3n) is 2.52. The van der Waals surface area contributed by atoms with Crippen LogP contribution in [0.15, 0.2) is 22.7 Å². The van der Waals surface area contributed by atoms with Crippen molar-refractivity contribution in [3.63, 3.8) is 0 Å². The fourth-order valence-electron chi connectivity index (χ4n) is 1.67. The number of hydrogen-bond donors (Lipinski definition) is 1. The predicted octanol–water partition coefficient (Wildman–Crippen LogP) is 2.47. The number of phenolic OH excluding ortho intramolecular Hbond substituents is 1. The van der Waals surface area contributed by atoms with Crippen LogP contribution in [0.25, 0.3) is 15.5 Å². The van der Waals surface area contributed by atoms with E-state index in [0.717, 1.165) is 4.47 Å². The fraction of sp³-hybridized carbons (Fsp3) is 0.182. The van der Waals surface area contributed by atoms with Gasteiger partial charge in [0, 0.05) is 11.6 Å². The third kappa shape index (κ3) is 2.22. The molecule has 8 heteroatoms. The first-order valence-corrected chi connectivity index (χ1v) is 6.99. The molecule has 0 bridgehead atoms. The van der Waals surface area contributed by atoms with Gasteiger partial charge in [-0.05, 0) is 18.2 Å². The van der Waals surface area contributed by atoms with Crippen LogP contribution in [0.4, 0.5) is 0 Å². The summed E-state index contributed by atoms with van der Waals surface area (Å²) < 4.78 is 7.48. The topological polar surface area (TPSA) is 72.5 Å². The van der Waals surface area contributed by atoms with Gasteiger partial charge in [-0.15, -0.1) is 10.2 Å². The molecule has 0 aliphatic heterocycles. The standard InChI is InChI=1S/C11H9BrN4O2S/c1-18-5-9-13-14-11-16(9)15-10(19-11)7-3-2-6(12)4-8(7)17/h2-4,17H,5H2,1H3. The SMILES string of the molecule is COCc1nnc2sc(-c3ccc(Br)cc3O)nn12. The van der Waals surface area contributed by atoms with Gasteiger partial charge >= 0.3 is 0 Å². The summed E-state index contributed by atoms with van der Waals surface area (Å²) in [7, 11) is 1.59. The molecule has 0 aliphatic carbocycles. The third-order valence-corrected chi connectivity index (χ3v) is 3.94. The van der Waals surface area contributed by atoms with Crippen LogP contribution < -0.4 is 0 Å². The molecule has 0 amide bonds. The van der Waals surface area contributed by atoms with Gasteiger partial charge in [0.05, 0.1) is 5.56 Å². The molecule has 0 atom stereocenters. The molecule has 0 radical (unpaired) electrons. The monoisotopic (exact) mass is 340 g/mol. The van der Waals surface area contributed by atoms with Crippen LogP contribution in [0.3, 0.4) is 0 Å². The molecule has 3 aromatic rings. The van der Waals surface area contributed by atoms with Crippen molar-refractivity contribution in [3.05, 3.63) is 28.5 Å². The van der Waals surface area contributed by atoms with Gasteiger partial charge < -0.3 is 9.84 Å². The number of hydrogen-bond acceptors (Lipinski definition) is 6. The zero-order chi connectivity index (χ0) is 13.4. The summed E-state index contributed by atoms with van der Waals surface area (Å²) in [4.78, 5) is 0.671. The molecule has 98 valence electrons. The average Bonchev–Trinajstić information content (AvgIpc) is 2.91. The number of aromatic nitrogens is 4. The number of ether oxygens (including phenoxy) is 1. The minimum Gasteiger partial charge on any atom is -0.507 e. The van der Waals surface area contributed by atoms with Crippen LogP contribution in [0.2, 0.25) is 0 Å². The number of aromatic hydroxyl groups is 1. The lowest BCUT2D eigenvalue weighted by Gasteiger charge is -2.00. The van der Waals surface area contributed by atoms with Gasteiger partial charge in [-0.3, -0.25) is 0 Å². The Balaban J connectivity index is 2.10. The summed E-state index contributed by atoms with van der Waals surface area (Å²) in [6.07, 6.45) is 0. The number of fused-ring (bicyclic) bond motifs is 1. The Hall–Kier alpha value is -1.51. The van der Waals surface area contributed by atoms with Crippen molar-refractivity contribution in [2.45, 2.75) is 6.61 Å². The van der Waals surface area contributed by atoms with Gasteiger partial charge in [0.25, 0.3) is 0 Å². The molecule has 0 spiro atoms. The molecule has 3 rings (SSSR count). The van der Waals surface area contributed by atoms with Crippen molar-refractivity contribution in [2.75, 3.05) is 7.11 Å². The van der Waals surface area contributed by atoms with Crippen molar-refractivity contribution < 1.29 is 9.84 Å². The van der Waals surface area contributed by atoms with Crippen molar-refractivity contribution >= 4 is 32.2 Å². The highest BCUT2D eigenvalue weighted by atomic mass is 79.9. The van der Waals surface area contributed by atoms with Crippen LogP contribution >= 0.6 is 27.3 Å². The van der Waals surface area contributed by atoms with E-state index in [-0.39, 0.29) is 5.75 Å². The predicted molar refractivity (Wildman–Crippen MR) is 74.2 cm³/mol. The Morgan fingerprint density at radius 1 is 1.42 bits per heavy atom. The number of benzene rings is 1. The molecule has 0 fully saturated rings. The van der Waals surface area contributed by atoms with E-state index < -0.39 is 0 Å². The van der Waals surface area contributed by atoms with Crippen LogP contribution in [0, 0.1) is 0 Å². The van der Waals surface area contributed by atoms with E-state index in [1.165, 1.54) is 11.3 Å². The quantitative estimate of drug-likeness (QED) is 0.792. The summed E-state index contributed by atoms with van der Waals surface area (Å²) in [5.74, 6) is 0.809. The maximum Gasteiger partial charge on any atom is 0.235 e. The van der Waals surface area contributed by atoms with Crippen molar-refractivity contribution in [3.8, 4) is 16.3 Å². The molecule has 19 heavy (non-hydrogen) atoms. The molecule has 6 nitrogen and oxygen atoms in total. The van der Waals surface area contributed by atoms with Crippen LogP contribution in [-0.4, -0.2) is 32.0 Å². The van der Waals surface area contributed by atoms with E-state index in [1.807, 2.05) is 6.07 Å². The minimum atomic E-state index is 0.174. The summed E-state index contributed by atoms with van der Waals surface area (Å²) >= 11 is 4.67. The second-order valence-corrected chi connectivity index (χ2v) is 5.68. The van der Waals surface area contributed by atoms with E-state index in [0.29, 0.717) is 28.0 Å². The summed E-state index contributed by atoms with van der Waals surface area (Å²) in [6, 6.07) is 5.29. The zero-order valence-electron chi connectivity index (χ0n) is 9.87. The Kier molecular flexibility index (Phi) is 3.21. The Bertz CT molecular complexity index is 739. The summed E-state index contributed by atoms with van der Waals surface area (Å²) in [5.41, 5.74) is 0.669. The lowest BCUT2D eigenvalue weighted by Crippen LogP contribution is -1.97. The van der Waals surface area contributed by atoms with E-state index in [9.17, 15) is 5.11 Å². The number of methoxy groups -OCH3 is 1. The highest BCUT2D eigenvalue weighted by molar-refractivity contribution is 9.10. The van der Waals surface area contributed by atoms with E-state index in [4.69, 9.17) is 4.74 Å². The molecular weight excluding hydrogens is 332 g/mol. The number of halogens is 1. The van der Waals surface area contributed by atoms with Crippen molar-refractivity contribution in [1.29, 1.82) is 0 Å². The zero-order valence-corrected chi connectivity index (χ0v) is 12.3. The van der Waals surface area contributed by atoms with Gasteiger partial charge in [-0.25, -0.2) is 0 Å². The van der Waals surface area contributed by atoms with Gasteiger partial charge in [-0.1, -0.05) is 27.3 Å². The average molecular weight is 341 g/mol. The minimum absolute atomic E-state index is 0.174. The lowest BCUT2D eigenvalue weighted by atomic mass is 10.2. The number of nitrogens with zero attached hydrogens (tertiary/aromatic N) is 4. The van der Waals surface area contributed by atoms with Crippen molar-refractivity contribution in [2.24, 2.45) is 0 Å². The first kappa shape index (κ1) is 12.5. The highest BCUT2D eigenvalue weighted by Gasteiger charge is 2.15. The van der Waals surface area contributed by atoms with Crippen LogP contribution in [0.5, 0.6) is 5.75 Å². The Labute approximate surface area is 120 Å². The number of rotatable bonds is 3. The van der Waals surface area contributed by atoms with E-state index >= 15 is 0 Å². The van der Waals surface area contributed by atoms with Crippen LogP contribution in [-0.2, 0) is 11.3 Å². The highest BCUT2D eigenvalue weighted by Crippen LogP contribution is 2.34. The lowest BCUT2D eigenvalue weighted by molar-refractivity contribution is 0.176. The number of phenols is 1. The first-order valence-electron chi connectivity index (χ1n) is 5.38. The molecule has 2 aromatic heterocycles. The summed E-state index contributed by atoms with van der Waals surface area (Å²) in [5, 5.41) is 23.1. The van der Waals surface area contributed by atoms with Gasteiger partial charge in [0.15, 0.2) is 10.8 Å². The first-order chi connectivity index (χ1) is 9.19. The molecule has 1 aromatic carbocycles. The molecule has 0 unspecified atom stereocenters. The second-order valence-electron chi connectivity index (χ2n) is 3.81. The van der Waals surface area contributed by atoms with E-state index in [1.54, 1.807) is 23.8 Å². The Morgan fingerprint density at radius 2 is 2.26 bits per heavy atom. The normalized spacial score (nSPS) is 11.3. The smallest absolute Gasteiger partial charge is 0.235 e. The summed E-state index contributed by atoms with van der Waals surface area (Å²) in [6.45, 7) is 0.344. The molecule has 1 N–H and O–H groups in total. The maximum atomic E-state index is 9.95.